The smallest absolute Gasteiger partial charge is 0.251 e. The monoisotopic (exact) mass is 249 g/mol. The normalized spacial score (nSPS) is 23.7. The van der Waals surface area contributed by atoms with Crippen molar-refractivity contribution in [3.63, 3.8) is 0 Å². The van der Waals surface area contributed by atoms with Gasteiger partial charge in [-0.1, -0.05) is 0 Å². The number of carbonyl (C=O) groups excluding carboxylic acids is 1. The number of aryl methyl sites for hydroxylation is 1. The second-order valence-corrected chi connectivity index (χ2v) is 4.98. The van der Waals surface area contributed by atoms with Gasteiger partial charge in [0.2, 0.25) is 0 Å². The van der Waals surface area contributed by atoms with Crippen molar-refractivity contribution < 1.29 is 15.0 Å². The Labute approximate surface area is 107 Å². The van der Waals surface area contributed by atoms with E-state index >= 15 is 0 Å². The van der Waals surface area contributed by atoms with Gasteiger partial charge in [-0.2, -0.15) is 0 Å². The van der Waals surface area contributed by atoms with Crippen molar-refractivity contribution in [2.45, 2.75) is 44.8 Å². The molecule has 3 N–H and O–H groups in total. The SMILES string of the molecule is Cc1cc(C(=O)NC2CCC(O)CC2)ccc1O. The van der Waals surface area contributed by atoms with Crippen LogP contribution in [0.3, 0.4) is 0 Å². The second kappa shape index (κ2) is 5.40. The van der Waals surface area contributed by atoms with Crippen LogP contribution in [0.5, 0.6) is 5.75 Å². The summed E-state index contributed by atoms with van der Waals surface area (Å²) in [4.78, 5) is 12.0. The largest absolute Gasteiger partial charge is 0.508 e. The van der Waals surface area contributed by atoms with Crippen LogP contribution in [0.2, 0.25) is 0 Å². The zero-order valence-electron chi connectivity index (χ0n) is 10.5. The molecule has 0 bridgehead atoms. The van der Waals surface area contributed by atoms with E-state index in [0.717, 1.165) is 25.7 Å². The molecule has 0 aromatic heterocycles. The molecule has 0 heterocycles. The van der Waals surface area contributed by atoms with E-state index in [2.05, 4.69) is 5.32 Å². The van der Waals surface area contributed by atoms with Gasteiger partial charge in [0.1, 0.15) is 5.75 Å². The molecular formula is C14H19NO3. The topological polar surface area (TPSA) is 69.6 Å². The highest BCUT2D eigenvalue weighted by atomic mass is 16.3. The van der Waals surface area contributed by atoms with E-state index in [1.54, 1.807) is 19.1 Å². The molecule has 1 amide bonds. The number of aliphatic hydroxyl groups excluding tert-OH is 1. The van der Waals surface area contributed by atoms with E-state index in [4.69, 9.17) is 0 Å². The summed E-state index contributed by atoms with van der Waals surface area (Å²) in [5.74, 6) is 0.0897. The second-order valence-electron chi connectivity index (χ2n) is 4.98. The third kappa shape index (κ3) is 3.01. The lowest BCUT2D eigenvalue weighted by Gasteiger charge is -2.26. The Hall–Kier alpha value is -1.55. The molecule has 0 unspecified atom stereocenters. The number of aliphatic hydroxyl groups is 1. The summed E-state index contributed by atoms with van der Waals surface area (Å²) < 4.78 is 0. The van der Waals surface area contributed by atoms with Crippen LogP contribution in [0, 0.1) is 6.92 Å². The molecule has 1 aliphatic rings. The van der Waals surface area contributed by atoms with Gasteiger partial charge in [0.05, 0.1) is 6.10 Å². The first-order valence-electron chi connectivity index (χ1n) is 6.35. The fraction of sp³-hybridized carbons (Fsp3) is 0.500. The Morgan fingerprint density at radius 3 is 2.56 bits per heavy atom. The van der Waals surface area contributed by atoms with Crippen molar-refractivity contribution in [3.8, 4) is 5.75 Å². The number of hydrogen-bond donors (Lipinski definition) is 3. The number of nitrogens with one attached hydrogen (secondary N) is 1. The molecule has 1 aromatic rings. The van der Waals surface area contributed by atoms with Gasteiger partial charge in [0, 0.05) is 11.6 Å². The third-order valence-corrected chi connectivity index (χ3v) is 3.49. The van der Waals surface area contributed by atoms with Crippen molar-refractivity contribution in [1.82, 2.24) is 5.32 Å². The molecule has 4 heteroatoms. The molecule has 0 aliphatic heterocycles. The number of rotatable bonds is 2. The summed E-state index contributed by atoms with van der Waals surface area (Å²) in [6.07, 6.45) is 2.93. The first kappa shape index (κ1) is 12.9. The summed E-state index contributed by atoms with van der Waals surface area (Å²) in [6.45, 7) is 1.77. The minimum Gasteiger partial charge on any atom is -0.508 e. The molecule has 18 heavy (non-hydrogen) atoms. The molecule has 0 saturated heterocycles. The van der Waals surface area contributed by atoms with Crippen LogP contribution in [0.15, 0.2) is 18.2 Å². The van der Waals surface area contributed by atoms with Gasteiger partial charge in [-0.25, -0.2) is 0 Å². The van der Waals surface area contributed by atoms with E-state index in [1.165, 1.54) is 6.07 Å². The maximum absolute atomic E-state index is 12.0. The lowest BCUT2D eigenvalue weighted by atomic mass is 9.93. The highest BCUT2D eigenvalue weighted by molar-refractivity contribution is 5.94. The van der Waals surface area contributed by atoms with Crippen LogP contribution in [-0.4, -0.2) is 28.3 Å². The quantitative estimate of drug-likeness (QED) is 0.747. The zero-order valence-corrected chi connectivity index (χ0v) is 10.5. The van der Waals surface area contributed by atoms with E-state index in [-0.39, 0.29) is 23.8 Å². The fourth-order valence-electron chi connectivity index (χ4n) is 2.29. The van der Waals surface area contributed by atoms with Crippen LogP contribution >= 0.6 is 0 Å². The van der Waals surface area contributed by atoms with Crippen molar-refractivity contribution in [3.05, 3.63) is 29.3 Å². The zero-order chi connectivity index (χ0) is 13.1. The molecule has 1 saturated carbocycles. The summed E-state index contributed by atoms with van der Waals surface area (Å²) in [5.41, 5.74) is 1.26. The fourth-order valence-corrected chi connectivity index (χ4v) is 2.29. The summed E-state index contributed by atoms with van der Waals surface area (Å²) in [5, 5.41) is 21.8. The number of phenols is 1. The highest BCUT2D eigenvalue weighted by Crippen LogP contribution is 2.20. The molecule has 98 valence electrons. The van der Waals surface area contributed by atoms with Crippen molar-refractivity contribution >= 4 is 5.91 Å². The Bertz CT molecular complexity index is 437. The molecule has 0 radical (unpaired) electrons. The number of amides is 1. The van der Waals surface area contributed by atoms with Crippen LogP contribution in [-0.2, 0) is 0 Å². The van der Waals surface area contributed by atoms with Gasteiger partial charge in [-0.3, -0.25) is 4.79 Å². The van der Waals surface area contributed by atoms with Crippen LogP contribution in [0.4, 0.5) is 0 Å². The predicted molar refractivity (Wildman–Crippen MR) is 68.6 cm³/mol. The Morgan fingerprint density at radius 1 is 1.28 bits per heavy atom. The minimum absolute atomic E-state index is 0.112. The molecule has 2 rings (SSSR count). The van der Waals surface area contributed by atoms with E-state index < -0.39 is 0 Å². The maximum atomic E-state index is 12.0. The highest BCUT2D eigenvalue weighted by Gasteiger charge is 2.21. The molecule has 0 atom stereocenters. The molecule has 1 fully saturated rings. The third-order valence-electron chi connectivity index (χ3n) is 3.49. The van der Waals surface area contributed by atoms with E-state index in [0.29, 0.717) is 11.1 Å². The Balaban J connectivity index is 1.97. The summed E-state index contributed by atoms with van der Waals surface area (Å²) in [6, 6.07) is 4.99. The van der Waals surface area contributed by atoms with Gasteiger partial charge in [0.25, 0.3) is 5.91 Å². The summed E-state index contributed by atoms with van der Waals surface area (Å²) >= 11 is 0. The minimum atomic E-state index is -0.214. The number of aromatic hydroxyl groups is 1. The van der Waals surface area contributed by atoms with Gasteiger partial charge < -0.3 is 15.5 Å². The lowest BCUT2D eigenvalue weighted by Crippen LogP contribution is -2.38. The number of benzene rings is 1. The van der Waals surface area contributed by atoms with Crippen LogP contribution in [0.25, 0.3) is 0 Å². The van der Waals surface area contributed by atoms with Crippen molar-refractivity contribution in [2.24, 2.45) is 0 Å². The number of phenolic OH excluding ortho intramolecular Hbond substituents is 1. The Morgan fingerprint density at radius 2 is 1.94 bits per heavy atom. The maximum Gasteiger partial charge on any atom is 0.251 e. The average Bonchev–Trinajstić information content (AvgIpc) is 2.35. The van der Waals surface area contributed by atoms with Crippen molar-refractivity contribution in [2.75, 3.05) is 0 Å². The van der Waals surface area contributed by atoms with Crippen LogP contribution in [0.1, 0.15) is 41.6 Å². The first-order chi connectivity index (χ1) is 8.56. The van der Waals surface area contributed by atoms with Crippen LogP contribution < -0.4 is 5.32 Å². The average molecular weight is 249 g/mol. The number of hydrogen-bond acceptors (Lipinski definition) is 3. The Kier molecular flexibility index (Phi) is 3.87. The van der Waals surface area contributed by atoms with E-state index in [1.807, 2.05) is 0 Å². The summed E-state index contributed by atoms with van der Waals surface area (Å²) in [7, 11) is 0. The molecule has 0 spiro atoms. The lowest BCUT2D eigenvalue weighted by molar-refractivity contribution is 0.0867. The molecule has 1 aliphatic carbocycles. The van der Waals surface area contributed by atoms with Gasteiger partial charge >= 0.3 is 0 Å². The first-order valence-corrected chi connectivity index (χ1v) is 6.35. The van der Waals surface area contributed by atoms with Gasteiger partial charge in [0.15, 0.2) is 0 Å². The van der Waals surface area contributed by atoms with Crippen molar-refractivity contribution in [1.29, 1.82) is 0 Å². The van der Waals surface area contributed by atoms with E-state index in [9.17, 15) is 15.0 Å². The molecular weight excluding hydrogens is 230 g/mol. The van der Waals surface area contributed by atoms with Gasteiger partial charge in [-0.05, 0) is 56.4 Å². The van der Waals surface area contributed by atoms with Gasteiger partial charge in [-0.15, -0.1) is 0 Å². The molecule has 4 nitrogen and oxygen atoms in total. The molecule has 1 aromatic carbocycles. The number of carbonyl (C=O) groups is 1. The predicted octanol–water partition coefficient (Wildman–Crippen LogP) is 1.73. The standard InChI is InChI=1S/C14H19NO3/c1-9-8-10(2-7-13(9)17)14(18)15-11-3-5-12(16)6-4-11/h2,7-8,11-12,16-17H,3-6H2,1H3,(H,15,18).